The Morgan fingerprint density at radius 1 is 1.55 bits per heavy atom. The van der Waals surface area contributed by atoms with Crippen LogP contribution < -0.4 is 5.32 Å². The maximum atomic E-state index is 5.69. The molecule has 0 unspecified atom stereocenters. The first-order chi connectivity index (χ1) is 5.35. The quantitative estimate of drug-likeness (QED) is 0.588. The molecule has 1 heterocycles. The normalized spacial score (nSPS) is 43.9. The van der Waals surface area contributed by atoms with Gasteiger partial charge in [0.25, 0.3) is 0 Å². The van der Waals surface area contributed by atoms with Crippen LogP contribution in [0.3, 0.4) is 0 Å². The lowest BCUT2D eigenvalue weighted by molar-refractivity contribution is -0.174. The van der Waals surface area contributed by atoms with Crippen molar-refractivity contribution in [2.45, 2.75) is 24.5 Å². The number of hydrogen-bond acceptors (Lipinski definition) is 3. The van der Waals surface area contributed by atoms with Crippen molar-refractivity contribution in [1.82, 2.24) is 5.32 Å². The molecule has 11 heavy (non-hydrogen) atoms. The van der Waals surface area contributed by atoms with E-state index in [4.69, 9.17) is 9.47 Å². The number of methoxy groups -OCH3 is 1. The molecule has 3 heteroatoms. The van der Waals surface area contributed by atoms with Gasteiger partial charge in [0, 0.05) is 33.0 Å². The fourth-order valence-corrected chi connectivity index (χ4v) is 1.91. The molecular formula is C8H15NO2. The molecule has 64 valence electrons. The molecule has 1 N–H and O–H groups in total. The van der Waals surface area contributed by atoms with Crippen LogP contribution in [-0.2, 0) is 9.47 Å². The Morgan fingerprint density at radius 2 is 2.36 bits per heavy atom. The average Bonchev–Trinajstić information content (AvgIpc) is 2.01. The van der Waals surface area contributed by atoms with Gasteiger partial charge in [0.2, 0.25) is 0 Å². The summed E-state index contributed by atoms with van der Waals surface area (Å²) in [6.45, 7) is 2.86. The molecule has 0 aromatic heterocycles. The second kappa shape index (κ2) is 2.73. The number of ether oxygens (including phenoxy) is 2. The number of rotatable bonds is 1. The van der Waals surface area contributed by atoms with E-state index in [0.29, 0.717) is 6.10 Å². The van der Waals surface area contributed by atoms with Crippen LogP contribution in [0.15, 0.2) is 0 Å². The Bertz CT molecular complexity index is 135. The van der Waals surface area contributed by atoms with Crippen LogP contribution >= 0.6 is 0 Å². The zero-order chi connectivity index (χ0) is 7.73. The summed E-state index contributed by atoms with van der Waals surface area (Å²) in [5.41, 5.74) is 0.138. The number of morpholine rings is 1. The van der Waals surface area contributed by atoms with Crippen molar-refractivity contribution in [2.75, 3.05) is 26.8 Å². The summed E-state index contributed by atoms with van der Waals surface area (Å²) in [5, 5.41) is 3.34. The maximum Gasteiger partial charge on any atom is 0.0856 e. The van der Waals surface area contributed by atoms with Gasteiger partial charge in [-0.1, -0.05) is 0 Å². The van der Waals surface area contributed by atoms with Crippen LogP contribution in [0.5, 0.6) is 0 Å². The highest BCUT2D eigenvalue weighted by molar-refractivity contribution is 4.99. The topological polar surface area (TPSA) is 30.5 Å². The number of nitrogens with one attached hydrogen (secondary N) is 1. The zero-order valence-corrected chi connectivity index (χ0v) is 6.93. The second-order valence-electron chi connectivity index (χ2n) is 3.47. The van der Waals surface area contributed by atoms with Crippen LogP contribution in [0.1, 0.15) is 12.8 Å². The highest BCUT2D eigenvalue weighted by atomic mass is 16.5. The SMILES string of the molecule is COC1CC2(CNCCO2)C1. The molecule has 0 radical (unpaired) electrons. The third-order valence-electron chi connectivity index (χ3n) is 2.67. The third-order valence-corrected chi connectivity index (χ3v) is 2.67. The molecule has 1 spiro atoms. The van der Waals surface area contributed by atoms with E-state index in [1.54, 1.807) is 7.11 Å². The molecule has 0 bridgehead atoms. The molecule has 1 saturated carbocycles. The van der Waals surface area contributed by atoms with Crippen LogP contribution in [0.4, 0.5) is 0 Å². The van der Waals surface area contributed by atoms with Gasteiger partial charge >= 0.3 is 0 Å². The summed E-state index contributed by atoms with van der Waals surface area (Å²) in [4.78, 5) is 0. The Balaban J connectivity index is 1.84. The molecule has 2 rings (SSSR count). The molecule has 1 aliphatic heterocycles. The van der Waals surface area contributed by atoms with Gasteiger partial charge in [-0.2, -0.15) is 0 Å². The van der Waals surface area contributed by atoms with E-state index in [1.807, 2.05) is 0 Å². The van der Waals surface area contributed by atoms with Crippen molar-refractivity contribution < 1.29 is 9.47 Å². The van der Waals surface area contributed by atoms with E-state index in [2.05, 4.69) is 5.32 Å². The second-order valence-corrected chi connectivity index (χ2v) is 3.47. The highest BCUT2D eigenvalue weighted by Crippen LogP contribution is 2.37. The summed E-state index contributed by atoms with van der Waals surface area (Å²) in [5.74, 6) is 0. The molecule has 0 amide bonds. The Kier molecular flexibility index (Phi) is 1.87. The van der Waals surface area contributed by atoms with Gasteiger partial charge in [-0.15, -0.1) is 0 Å². The van der Waals surface area contributed by atoms with E-state index in [1.165, 1.54) is 0 Å². The third kappa shape index (κ3) is 1.28. The van der Waals surface area contributed by atoms with Gasteiger partial charge in [0.15, 0.2) is 0 Å². The van der Waals surface area contributed by atoms with Gasteiger partial charge in [-0.3, -0.25) is 0 Å². The maximum absolute atomic E-state index is 5.69. The van der Waals surface area contributed by atoms with Crippen molar-refractivity contribution in [1.29, 1.82) is 0 Å². The predicted octanol–water partition coefficient (Wildman–Crippen LogP) is 0.154. The largest absolute Gasteiger partial charge is 0.381 e. The minimum atomic E-state index is 0.138. The van der Waals surface area contributed by atoms with Gasteiger partial charge in [0.05, 0.1) is 18.3 Å². The zero-order valence-electron chi connectivity index (χ0n) is 6.93. The molecule has 1 saturated heterocycles. The first kappa shape index (κ1) is 7.53. The lowest BCUT2D eigenvalue weighted by Gasteiger charge is -2.48. The minimum Gasteiger partial charge on any atom is -0.381 e. The monoisotopic (exact) mass is 157 g/mol. The van der Waals surface area contributed by atoms with Crippen molar-refractivity contribution in [3.8, 4) is 0 Å². The smallest absolute Gasteiger partial charge is 0.0856 e. The summed E-state index contributed by atoms with van der Waals surface area (Å²) >= 11 is 0. The van der Waals surface area contributed by atoms with Gasteiger partial charge in [0.1, 0.15) is 0 Å². The molecule has 2 fully saturated rings. The standard InChI is InChI=1S/C8H15NO2/c1-10-7-4-8(5-7)6-9-2-3-11-8/h7,9H,2-6H2,1H3. The van der Waals surface area contributed by atoms with Crippen molar-refractivity contribution in [3.63, 3.8) is 0 Å². The molecule has 1 aliphatic carbocycles. The van der Waals surface area contributed by atoms with Crippen LogP contribution in [-0.4, -0.2) is 38.5 Å². The van der Waals surface area contributed by atoms with Crippen LogP contribution in [0.25, 0.3) is 0 Å². The molecule has 2 aliphatic rings. The Hall–Kier alpha value is -0.120. The molecule has 0 aromatic carbocycles. The molecule has 0 aromatic rings. The van der Waals surface area contributed by atoms with Crippen LogP contribution in [0, 0.1) is 0 Å². The lowest BCUT2D eigenvalue weighted by atomic mass is 9.76. The highest BCUT2D eigenvalue weighted by Gasteiger charge is 2.46. The number of hydrogen-bond donors (Lipinski definition) is 1. The van der Waals surface area contributed by atoms with E-state index in [0.717, 1.165) is 32.5 Å². The van der Waals surface area contributed by atoms with E-state index in [9.17, 15) is 0 Å². The van der Waals surface area contributed by atoms with Gasteiger partial charge in [-0.25, -0.2) is 0 Å². The summed E-state index contributed by atoms with van der Waals surface area (Å²) < 4.78 is 10.9. The fraction of sp³-hybridized carbons (Fsp3) is 1.00. The molecule has 0 atom stereocenters. The van der Waals surface area contributed by atoms with Gasteiger partial charge in [-0.05, 0) is 0 Å². The molecular weight excluding hydrogens is 142 g/mol. The summed E-state index contributed by atoms with van der Waals surface area (Å²) in [6, 6.07) is 0. The predicted molar refractivity (Wildman–Crippen MR) is 41.6 cm³/mol. The van der Waals surface area contributed by atoms with E-state index in [-0.39, 0.29) is 5.60 Å². The van der Waals surface area contributed by atoms with Gasteiger partial charge < -0.3 is 14.8 Å². The first-order valence-corrected chi connectivity index (χ1v) is 4.22. The summed E-state index contributed by atoms with van der Waals surface area (Å²) in [6.07, 6.45) is 2.57. The van der Waals surface area contributed by atoms with Crippen LogP contribution in [0.2, 0.25) is 0 Å². The first-order valence-electron chi connectivity index (χ1n) is 4.22. The Morgan fingerprint density at radius 3 is 2.91 bits per heavy atom. The van der Waals surface area contributed by atoms with E-state index >= 15 is 0 Å². The lowest BCUT2D eigenvalue weighted by Crippen LogP contribution is -2.59. The minimum absolute atomic E-state index is 0.138. The molecule has 3 nitrogen and oxygen atoms in total. The van der Waals surface area contributed by atoms with Crippen molar-refractivity contribution in [3.05, 3.63) is 0 Å². The average molecular weight is 157 g/mol. The van der Waals surface area contributed by atoms with Crippen molar-refractivity contribution in [2.24, 2.45) is 0 Å². The van der Waals surface area contributed by atoms with E-state index < -0.39 is 0 Å². The fourth-order valence-electron chi connectivity index (χ4n) is 1.91. The summed E-state index contributed by atoms with van der Waals surface area (Å²) in [7, 11) is 1.77. The Labute approximate surface area is 67.1 Å². The van der Waals surface area contributed by atoms with Crippen molar-refractivity contribution >= 4 is 0 Å².